The van der Waals surface area contributed by atoms with Crippen molar-refractivity contribution < 1.29 is 4.79 Å². The molecule has 0 unspecified atom stereocenters. The van der Waals surface area contributed by atoms with E-state index in [2.05, 4.69) is 10.3 Å². The first-order valence-electron chi connectivity index (χ1n) is 5.37. The number of aryl methyl sites for hydroxylation is 1. The van der Waals surface area contributed by atoms with Crippen LogP contribution < -0.4 is 5.32 Å². The molecule has 1 aromatic rings. The Hall–Kier alpha value is -1.13. The number of halogens is 1. The summed E-state index contributed by atoms with van der Waals surface area (Å²) in [6.07, 6.45) is 1.77. The molecule has 0 saturated heterocycles. The monoisotopic (exact) mass is 257 g/mol. The second kappa shape index (κ2) is 7.25. The predicted molar refractivity (Wildman–Crippen MR) is 71.2 cm³/mol. The Morgan fingerprint density at radius 2 is 2.18 bits per heavy atom. The number of rotatable bonds is 4. The normalized spacial score (nSPS) is 11.5. The lowest BCUT2D eigenvalue weighted by Gasteiger charge is -2.18. The molecular formula is C12H20ClN3O. The Labute approximate surface area is 109 Å². The van der Waals surface area contributed by atoms with Crippen molar-refractivity contribution in [2.45, 2.75) is 26.4 Å². The number of hydrogen-bond donors (Lipinski definition) is 1. The molecule has 17 heavy (non-hydrogen) atoms. The highest BCUT2D eigenvalue weighted by atomic mass is 35.5. The van der Waals surface area contributed by atoms with Gasteiger partial charge in [0.05, 0.1) is 6.04 Å². The van der Waals surface area contributed by atoms with E-state index in [9.17, 15) is 4.79 Å². The van der Waals surface area contributed by atoms with Crippen LogP contribution >= 0.6 is 12.4 Å². The molecule has 1 aromatic heterocycles. The third-order valence-electron chi connectivity index (χ3n) is 2.53. The molecule has 96 valence electrons. The Bertz CT molecular complexity index is 369. The van der Waals surface area contributed by atoms with Gasteiger partial charge in [-0.1, -0.05) is 6.07 Å². The van der Waals surface area contributed by atoms with E-state index in [1.54, 1.807) is 25.2 Å². The van der Waals surface area contributed by atoms with Gasteiger partial charge in [0, 0.05) is 32.5 Å². The van der Waals surface area contributed by atoms with Gasteiger partial charge < -0.3 is 10.2 Å². The lowest BCUT2D eigenvalue weighted by molar-refractivity contribution is -0.130. The van der Waals surface area contributed by atoms with Crippen molar-refractivity contribution in [1.82, 2.24) is 15.2 Å². The zero-order chi connectivity index (χ0) is 12.1. The van der Waals surface area contributed by atoms with Crippen molar-refractivity contribution in [3.63, 3.8) is 0 Å². The van der Waals surface area contributed by atoms with Crippen molar-refractivity contribution in [3.8, 4) is 0 Å². The number of pyridine rings is 1. The number of amides is 1. The van der Waals surface area contributed by atoms with Gasteiger partial charge in [0.2, 0.25) is 5.91 Å². The fourth-order valence-corrected chi connectivity index (χ4v) is 1.44. The zero-order valence-electron chi connectivity index (χ0n) is 10.7. The average molecular weight is 258 g/mol. The maximum absolute atomic E-state index is 11.6. The minimum atomic E-state index is -0.172. The molecule has 0 spiro atoms. The van der Waals surface area contributed by atoms with Gasteiger partial charge in [-0.25, -0.2) is 0 Å². The Morgan fingerprint density at radius 3 is 2.71 bits per heavy atom. The van der Waals surface area contributed by atoms with Crippen molar-refractivity contribution in [3.05, 3.63) is 29.6 Å². The molecule has 0 aliphatic carbocycles. The van der Waals surface area contributed by atoms with Gasteiger partial charge in [-0.3, -0.25) is 9.78 Å². The fourth-order valence-electron chi connectivity index (χ4n) is 1.44. The highest BCUT2D eigenvalue weighted by Crippen LogP contribution is 2.03. The second-order valence-electron chi connectivity index (χ2n) is 4.08. The number of nitrogens with zero attached hydrogens (tertiary/aromatic N) is 2. The van der Waals surface area contributed by atoms with Gasteiger partial charge in [-0.15, -0.1) is 12.4 Å². The summed E-state index contributed by atoms with van der Waals surface area (Å²) < 4.78 is 0. The van der Waals surface area contributed by atoms with E-state index in [0.29, 0.717) is 6.54 Å². The van der Waals surface area contributed by atoms with Crippen LogP contribution in [0.1, 0.15) is 18.2 Å². The molecule has 0 fully saturated rings. The number of carbonyl (C=O) groups is 1. The highest BCUT2D eigenvalue weighted by molar-refractivity contribution is 5.85. The van der Waals surface area contributed by atoms with Crippen LogP contribution in [0.4, 0.5) is 0 Å². The average Bonchev–Trinajstić information content (AvgIpc) is 2.26. The number of hydrogen-bond acceptors (Lipinski definition) is 3. The quantitative estimate of drug-likeness (QED) is 0.886. The van der Waals surface area contributed by atoms with Crippen LogP contribution in [0.5, 0.6) is 0 Å². The molecule has 0 saturated carbocycles. The summed E-state index contributed by atoms with van der Waals surface area (Å²) in [6, 6.07) is 3.75. The standard InChI is InChI=1S/C12H19N3O.ClH/c1-9-11(6-5-7-13-9)8-14-10(2)12(16)15(3)4;/h5-7,10,14H,8H2,1-4H3;1H/t10-;/m1./s1. The topological polar surface area (TPSA) is 45.2 Å². The summed E-state index contributed by atoms with van der Waals surface area (Å²) in [5.41, 5.74) is 2.13. The Kier molecular flexibility index (Phi) is 6.76. The van der Waals surface area contributed by atoms with Gasteiger partial charge >= 0.3 is 0 Å². The summed E-state index contributed by atoms with van der Waals surface area (Å²) in [5.74, 6) is 0.0848. The number of likely N-dealkylation sites (N-methyl/N-ethyl adjacent to an activating group) is 1. The first kappa shape index (κ1) is 15.9. The molecule has 1 atom stereocenters. The van der Waals surface area contributed by atoms with Crippen LogP contribution in [0.2, 0.25) is 0 Å². The summed E-state index contributed by atoms with van der Waals surface area (Å²) in [4.78, 5) is 17.4. The van der Waals surface area contributed by atoms with Crippen LogP contribution in [0.25, 0.3) is 0 Å². The first-order valence-corrected chi connectivity index (χ1v) is 5.37. The molecular weight excluding hydrogens is 238 g/mol. The van der Waals surface area contributed by atoms with E-state index in [4.69, 9.17) is 0 Å². The lowest BCUT2D eigenvalue weighted by Crippen LogP contribution is -2.41. The van der Waals surface area contributed by atoms with Crippen molar-refractivity contribution >= 4 is 18.3 Å². The smallest absolute Gasteiger partial charge is 0.238 e. The van der Waals surface area contributed by atoms with Crippen LogP contribution in [-0.2, 0) is 11.3 Å². The maximum Gasteiger partial charge on any atom is 0.238 e. The van der Waals surface area contributed by atoms with Crippen molar-refractivity contribution in [1.29, 1.82) is 0 Å². The minimum absolute atomic E-state index is 0. The highest BCUT2D eigenvalue weighted by Gasteiger charge is 2.13. The third kappa shape index (κ3) is 4.71. The Morgan fingerprint density at radius 1 is 1.53 bits per heavy atom. The predicted octanol–water partition coefficient (Wildman–Crippen LogP) is 1.38. The molecule has 0 bridgehead atoms. The van der Waals surface area contributed by atoms with Gasteiger partial charge in [0.1, 0.15) is 0 Å². The molecule has 1 rings (SSSR count). The van der Waals surface area contributed by atoms with Crippen LogP contribution in [-0.4, -0.2) is 35.9 Å². The molecule has 4 nitrogen and oxygen atoms in total. The van der Waals surface area contributed by atoms with E-state index in [1.165, 1.54) is 0 Å². The van der Waals surface area contributed by atoms with E-state index in [-0.39, 0.29) is 24.4 Å². The van der Waals surface area contributed by atoms with Crippen molar-refractivity contribution in [2.24, 2.45) is 0 Å². The number of nitrogens with one attached hydrogen (secondary N) is 1. The summed E-state index contributed by atoms with van der Waals surface area (Å²) >= 11 is 0. The molecule has 0 aliphatic heterocycles. The van der Waals surface area contributed by atoms with Crippen molar-refractivity contribution in [2.75, 3.05) is 14.1 Å². The molecule has 0 aromatic carbocycles. The largest absolute Gasteiger partial charge is 0.347 e. The molecule has 0 aliphatic rings. The van der Waals surface area contributed by atoms with Gasteiger partial charge in [0.25, 0.3) is 0 Å². The molecule has 1 heterocycles. The first-order chi connectivity index (χ1) is 7.52. The molecule has 5 heteroatoms. The number of carbonyl (C=O) groups excluding carboxylic acids is 1. The summed E-state index contributed by atoms with van der Waals surface area (Å²) in [6.45, 7) is 4.50. The van der Waals surface area contributed by atoms with Gasteiger partial charge in [-0.05, 0) is 25.5 Å². The van der Waals surface area contributed by atoms with Crippen LogP contribution in [0.15, 0.2) is 18.3 Å². The van der Waals surface area contributed by atoms with E-state index >= 15 is 0 Å². The summed E-state index contributed by atoms with van der Waals surface area (Å²) in [5, 5.41) is 3.19. The van der Waals surface area contributed by atoms with E-state index in [0.717, 1.165) is 11.3 Å². The molecule has 1 amide bonds. The zero-order valence-corrected chi connectivity index (χ0v) is 11.5. The third-order valence-corrected chi connectivity index (χ3v) is 2.53. The van der Waals surface area contributed by atoms with Gasteiger partial charge in [-0.2, -0.15) is 0 Å². The fraction of sp³-hybridized carbons (Fsp3) is 0.500. The minimum Gasteiger partial charge on any atom is -0.347 e. The second-order valence-corrected chi connectivity index (χ2v) is 4.08. The number of aromatic nitrogens is 1. The Balaban J connectivity index is 0.00000256. The molecule has 0 radical (unpaired) electrons. The van der Waals surface area contributed by atoms with E-state index < -0.39 is 0 Å². The van der Waals surface area contributed by atoms with Crippen LogP contribution in [0.3, 0.4) is 0 Å². The lowest BCUT2D eigenvalue weighted by atomic mass is 10.2. The van der Waals surface area contributed by atoms with Crippen LogP contribution in [0, 0.1) is 6.92 Å². The summed E-state index contributed by atoms with van der Waals surface area (Å²) in [7, 11) is 3.52. The maximum atomic E-state index is 11.6. The molecule has 1 N–H and O–H groups in total. The van der Waals surface area contributed by atoms with Gasteiger partial charge in [0.15, 0.2) is 0 Å². The SMILES string of the molecule is Cc1ncccc1CN[C@H](C)C(=O)N(C)C.Cl. The van der Waals surface area contributed by atoms with E-state index in [1.807, 2.05) is 26.0 Å².